The van der Waals surface area contributed by atoms with Crippen molar-refractivity contribution in [3.63, 3.8) is 0 Å². The third kappa shape index (κ3) is 6.47. The van der Waals surface area contributed by atoms with Crippen molar-refractivity contribution < 1.29 is 9.59 Å². The second kappa shape index (κ2) is 14.4. The van der Waals surface area contributed by atoms with Crippen LogP contribution in [-0.2, 0) is 9.59 Å². The van der Waals surface area contributed by atoms with E-state index < -0.39 is 0 Å². The monoisotopic (exact) mass is 702 g/mol. The second-order valence-electron chi connectivity index (χ2n) is 13.9. The van der Waals surface area contributed by atoms with Gasteiger partial charge in [0.05, 0.1) is 34.2 Å². The Morgan fingerprint density at radius 2 is 0.667 bits per heavy atom. The molecule has 7 aromatic rings. The van der Waals surface area contributed by atoms with E-state index in [0.29, 0.717) is 25.9 Å². The fourth-order valence-electron chi connectivity index (χ4n) is 7.69. The summed E-state index contributed by atoms with van der Waals surface area (Å²) in [6.07, 6.45) is 2.56. The van der Waals surface area contributed by atoms with E-state index in [-0.39, 0.29) is 11.8 Å². The third-order valence-electron chi connectivity index (χ3n) is 10.4. The molecule has 6 nitrogen and oxygen atoms in total. The molecular formula is C48H38N4O2. The van der Waals surface area contributed by atoms with E-state index in [4.69, 9.17) is 9.97 Å². The van der Waals surface area contributed by atoms with E-state index >= 15 is 0 Å². The Balaban J connectivity index is 1.33. The van der Waals surface area contributed by atoms with Crippen molar-refractivity contribution in [2.75, 3.05) is 22.9 Å². The minimum atomic E-state index is 0.0949. The van der Waals surface area contributed by atoms with Crippen LogP contribution in [0.4, 0.5) is 11.4 Å². The van der Waals surface area contributed by atoms with Crippen LogP contribution in [0.25, 0.3) is 67.3 Å². The quantitative estimate of drug-likeness (QED) is 0.158. The maximum Gasteiger partial charge on any atom is 0.227 e. The van der Waals surface area contributed by atoms with Gasteiger partial charge in [-0.3, -0.25) is 9.59 Å². The van der Waals surface area contributed by atoms with Gasteiger partial charge in [0.15, 0.2) is 0 Å². The highest BCUT2D eigenvalue weighted by Crippen LogP contribution is 2.46. The molecule has 0 atom stereocenters. The molecule has 6 heteroatoms. The maximum absolute atomic E-state index is 13.7. The predicted octanol–water partition coefficient (Wildman–Crippen LogP) is 10.7. The summed E-state index contributed by atoms with van der Waals surface area (Å²) in [7, 11) is 0. The number of nitrogens with zero attached hydrogens (tertiary/aromatic N) is 4. The standard InChI is InChI=1S/C48H38N4O2/c53-47-23-13-25-51(47)45-32-40(38-29-43(35-19-9-3-10-20-35)50-44(30-38)36-21-11-4-12-22-36)46(52-26-14-24-48(52)54)31-39(45)37-27-41(33-15-5-1-6-16-33)49-42(28-37)34-17-7-2-8-18-34/h1-12,15-22,27-32H,13-14,23-26H2. The van der Waals surface area contributed by atoms with Crippen LogP contribution in [0.3, 0.4) is 0 Å². The molecule has 0 N–H and O–H groups in total. The molecule has 2 aliphatic rings. The topological polar surface area (TPSA) is 66.4 Å². The van der Waals surface area contributed by atoms with Gasteiger partial charge in [-0.1, -0.05) is 121 Å². The van der Waals surface area contributed by atoms with Crippen LogP contribution in [0.2, 0.25) is 0 Å². The van der Waals surface area contributed by atoms with E-state index in [1.54, 1.807) is 0 Å². The van der Waals surface area contributed by atoms with E-state index in [9.17, 15) is 9.59 Å². The van der Waals surface area contributed by atoms with Crippen molar-refractivity contribution >= 4 is 23.2 Å². The summed E-state index contributed by atoms with van der Waals surface area (Å²) in [6.45, 7) is 1.24. The van der Waals surface area contributed by atoms with Crippen LogP contribution in [0.15, 0.2) is 158 Å². The minimum Gasteiger partial charge on any atom is -0.312 e. The van der Waals surface area contributed by atoms with Crippen molar-refractivity contribution in [2.45, 2.75) is 25.7 Å². The first-order chi connectivity index (χ1) is 26.6. The van der Waals surface area contributed by atoms with E-state index in [2.05, 4.69) is 84.9 Å². The van der Waals surface area contributed by atoms with Crippen LogP contribution in [0.5, 0.6) is 0 Å². The molecule has 0 saturated carbocycles. The molecule has 2 amide bonds. The van der Waals surface area contributed by atoms with Gasteiger partial charge in [-0.25, -0.2) is 9.97 Å². The lowest BCUT2D eigenvalue weighted by Gasteiger charge is -2.27. The van der Waals surface area contributed by atoms with Crippen molar-refractivity contribution in [1.29, 1.82) is 0 Å². The smallest absolute Gasteiger partial charge is 0.227 e. The van der Waals surface area contributed by atoms with Crippen LogP contribution >= 0.6 is 0 Å². The summed E-state index contributed by atoms with van der Waals surface area (Å²) in [6, 6.07) is 53.5. The Hall–Kier alpha value is -6.66. The van der Waals surface area contributed by atoms with Crippen molar-refractivity contribution in [2.24, 2.45) is 0 Å². The third-order valence-corrected chi connectivity index (χ3v) is 10.4. The molecule has 9 rings (SSSR count). The number of hydrogen-bond acceptors (Lipinski definition) is 4. The number of aromatic nitrogens is 2. The van der Waals surface area contributed by atoms with Gasteiger partial charge in [0, 0.05) is 59.3 Å². The first-order valence-corrected chi connectivity index (χ1v) is 18.6. The average molecular weight is 703 g/mol. The molecule has 262 valence electrons. The SMILES string of the molecule is O=C1CCCN1c1cc(-c2cc(-c3ccccc3)nc(-c3ccccc3)c2)c(N2CCCC2=O)cc1-c1cc(-c2ccccc2)nc(-c2ccccc2)c1. The number of anilines is 2. The second-order valence-corrected chi connectivity index (χ2v) is 13.9. The number of rotatable bonds is 8. The highest BCUT2D eigenvalue weighted by Gasteiger charge is 2.30. The molecule has 0 aliphatic carbocycles. The number of amides is 2. The van der Waals surface area contributed by atoms with Crippen LogP contribution in [0.1, 0.15) is 25.7 Å². The van der Waals surface area contributed by atoms with Crippen molar-refractivity contribution in [3.05, 3.63) is 158 Å². The van der Waals surface area contributed by atoms with Gasteiger partial charge in [0.2, 0.25) is 11.8 Å². The average Bonchev–Trinajstić information content (AvgIpc) is 3.88. The van der Waals surface area contributed by atoms with Gasteiger partial charge < -0.3 is 9.80 Å². The summed E-state index contributed by atoms with van der Waals surface area (Å²) in [5.74, 6) is 0.190. The largest absolute Gasteiger partial charge is 0.312 e. The molecule has 2 aliphatic heterocycles. The van der Waals surface area contributed by atoms with Gasteiger partial charge in [-0.05, 0) is 60.4 Å². The Morgan fingerprint density at radius 1 is 0.370 bits per heavy atom. The van der Waals surface area contributed by atoms with Gasteiger partial charge in [0.1, 0.15) is 0 Å². The number of carbonyl (C=O) groups is 2. The summed E-state index contributed by atoms with van der Waals surface area (Å²) >= 11 is 0. The number of benzene rings is 5. The Bertz CT molecular complexity index is 2190. The van der Waals surface area contributed by atoms with E-state index in [1.165, 1.54) is 0 Å². The van der Waals surface area contributed by atoms with E-state index in [0.717, 1.165) is 91.5 Å². The Labute approximate surface area is 315 Å². The zero-order valence-electron chi connectivity index (χ0n) is 29.9. The molecule has 4 heterocycles. The normalized spacial score (nSPS) is 14.2. The predicted molar refractivity (Wildman–Crippen MR) is 218 cm³/mol. The fourth-order valence-corrected chi connectivity index (χ4v) is 7.69. The molecule has 2 aromatic heterocycles. The van der Waals surface area contributed by atoms with Crippen molar-refractivity contribution in [3.8, 4) is 67.3 Å². The highest BCUT2D eigenvalue weighted by atomic mass is 16.2. The molecular weight excluding hydrogens is 665 g/mol. The summed E-state index contributed by atoms with van der Waals surface area (Å²) in [4.78, 5) is 41.5. The summed E-state index contributed by atoms with van der Waals surface area (Å²) < 4.78 is 0. The Morgan fingerprint density at radius 3 is 0.926 bits per heavy atom. The van der Waals surface area contributed by atoms with Crippen molar-refractivity contribution in [1.82, 2.24) is 9.97 Å². The highest BCUT2D eigenvalue weighted by molar-refractivity contribution is 6.06. The molecule has 0 bridgehead atoms. The zero-order chi connectivity index (χ0) is 36.4. The molecule has 0 spiro atoms. The van der Waals surface area contributed by atoms with Gasteiger partial charge >= 0.3 is 0 Å². The molecule has 2 saturated heterocycles. The first-order valence-electron chi connectivity index (χ1n) is 18.6. The molecule has 0 unspecified atom stereocenters. The lowest BCUT2D eigenvalue weighted by Crippen LogP contribution is -2.27. The molecule has 54 heavy (non-hydrogen) atoms. The zero-order valence-corrected chi connectivity index (χ0v) is 29.9. The van der Waals surface area contributed by atoms with Gasteiger partial charge in [-0.2, -0.15) is 0 Å². The lowest BCUT2D eigenvalue weighted by atomic mass is 9.92. The van der Waals surface area contributed by atoms with E-state index in [1.807, 2.05) is 82.6 Å². The fraction of sp³-hybridized carbons (Fsp3) is 0.125. The van der Waals surface area contributed by atoms with Crippen LogP contribution < -0.4 is 9.80 Å². The Kier molecular flexibility index (Phi) is 8.85. The summed E-state index contributed by atoms with van der Waals surface area (Å²) in [5, 5.41) is 0. The number of carbonyl (C=O) groups excluding carboxylic acids is 2. The molecule has 2 fully saturated rings. The lowest BCUT2D eigenvalue weighted by molar-refractivity contribution is -0.117. The number of pyridine rings is 2. The minimum absolute atomic E-state index is 0.0949. The van der Waals surface area contributed by atoms with Crippen LogP contribution in [0, 0.1) is 0 Å². The summed E-state index contributed by atoms with van der Waals surface area (Å²) in [5.41, 5.74) is 12.6. The molecule has 0 radical (unpaired) electrons. The molecule has 5 aromatic carbocycles. The van der Waals surface area contributed by atoms with Crippen LogP contribution in [-0.4, -0.2) is 34.9 Å². The first kappa shape index (κ1) is 33.2. The van der Waals surface area contributed by atoms with Gasteiger partial charge in [0.25, 0.3) is 0 Å². The number of hydrogen-bond donors (Lipinski definition) is 0. The van der Waals surface area contributed by atoms with Gasteiger partial charge in [-0.15, -0.1) is 0 Å². The maximum atomic E-state index is 13.7.